The third-order valence-corrected chi connectivity index (χ3v) is 9.14. The molecule has 1 aliphatic heterocycles. The van der Waals surface area contributed by atoms with Gasteiger partial charge in [0.15, 0.2) is 5.71 Å². The summed E-state index contributed by atoms with van der Waals surface area (Å²) in [5, 5.41) is 11.5. The number of hydrogen-bond acceptors (Lipinski definition) is 2. The lowest BCUT2D eigenvalue weighted by molar-refractivity contribution is -0.470. The molecule has 2 aromatic carbocycles. The van der Waals surface area contributed by atoms with E-state index in [1.807, 2.05) is 0 Å². The number of allylic oxidation sites excluding steroid dienone is 4. The van der Waals surface area contributed by atoms with Gasteiger partial charge in [0.1, 0.15) is 17.9 Å². The van der Waals surface area contributed by atoms with Gasteiger partial charge in [0.25, 0.3) is 0 Å². The summed E-state index contributed by atoms with van der Waals surface area (Å²) in [6.45, 7) is 1.73. The van der Waals surface area contributed by atoms with Crippen LogP contribution >= 0.6 is 0 Å². The van der Waals surface area contributed by atoms with Crippen LogP contribution in [0.1, 0.15) is 66.6 Å². The number of aromatic nitrogens is 1. The molecule has 4 nitrogen and oxygen atoms in total. The molecular weight excluding hydrogens is 492 g/mol. The van der Waals surface area contributed by atoms with E-state index in [4.69, 9.17) is 0 Å². The van der Waals surface area contributed by atoms with Crippen molar-refractivity contribution < 1.29 is 14.5 Å². The van der Waals surface area contributed by atoms with Crippen molar-refractivity contribution in [2.75, 3.05) is 6.54 Å². The summed E-state index contributed by atoms with van der Waals surface area (Å²) >= 11 is 0. The van der Waals surface area contributed by atoms with Gasteiger partial charge in [-0.3, -0.25) is 4.79 Å². The van der Waals surface area contributed by atoms with Crippen LogP contribution < -0.4 is 0 Å². The lowest BCUT2D eigenvalue weighted by Crippen LogP contribution is -2.28. The largest absolute Gasteiger partial charge is 0.506 e. The van der Waals surface area contributed by atoms with Gasteiger partial charge in [-0.15, -0.1) is 0 Å². The highest BCUT2D eigenvalue weighted by Crippen LogP contribution is 2.43. The molecule has 7 rings (SSSR count). The fourth-order valence-electron chi connectivity index (χ4n) is 7.18. The predicted octanol–water partition coefficient (Wildman–Crippen LogP) is 6.93. The number of carbonyl (C=O) groups is 1. The monoisotopic (exact) mass is 529 g/mol. The number of aliphatic hydroxyl groups excluding tert-OH is 1. The summed E-state index contributed by atoms with van der Waals surface area (Å²) in [5.41, 5.74) is 10.9. The molecule has 1 fully saturated rings. The molecule has 1 aromatic heterocycles. The highest BCUT2D eigenvalue weighted by molar-refractivity contribution is 6.39. The lowest BCUT2D eigenvalue weighted by Gasteiger charge is -2.23. The van der Waals surface area contributed by atoms with Crippen LogP contribution in [0.5, 0.6) is 0 Å². The lowest BCUT2D eigenvalue weighted by atomic mass is 9.84. The predicted molar refractivity (Wildman–Crippen MR) is 160 cm³/mol. The normalized spacial score (nSPS) is 19.8. The molecule has 4 heteroatoms. The Balaban J connectivity index is 1.17. The number of rotatable bonds is 9. The van der Waals surface area contributed by atoms with Crippen molar-refractivity contribution in [1.82, 2.24) is 4.57 Å². The first kappa shape index (κ1) is 25.1. The second kappa shape index (κ2) is 10.6. The maximum Gasteiger partial charge on any atom is 0.221 e. The van der Waals surface area contributed by atoms with Gasteiger partial charge < -0.3 is 9.67 Å². The van der Waals surface area contributed by atoms with Crippen molar-refractivity contribution in [1.29, 1.82) is 0 Å². The van der Waals surface area contributed by atoms with Crippen LogP contribution in [0.2, 0.25) is 0 Å². The zero-order valence-electron chi connectivity index (χ0n) is 23.2. The maximum absolute atomic E-state index is 13.8. The Morgan fingerprint density at radius 1 is 0.800 bits per heavy atom. The van der Waals surface area contributed by atoms with E-state index in [1.165, 1.54) is 46.5 Å². The second-order valence-electron chi connectivity index (χ2n) is 11.6. The summed E-state index contributed by atoms with van der Waals surface area (Å²) < 4.78 is 4.68. The Morgan fingerprint density at radius 2 is 1.50 bits per heavy atom. The molecule has 3 aromatic rings. The number of carbonyl (C=O) groups excluding carboxylic acids is 1. The number of Topliss-reactive ketones (excluding diaryl/α,β-unsaturated/α-hetero) is 1. The molecule has 3 aliphatic carbocycles. The van der Waals surface area contributed by atoms with Crippen molar-refractivity contribution in [3.05, 3.63) is 123 Å². The standard InChI is InChI=1S/C36H36N2O2/c39-35-33(31-23-27-17-7-19-29(27)37(31)21-9-15-25-11-3-1-4-12-25)36(40)34(35)32-24-28-18-8-20-30(28)38(32)22-10-16-26-13-5-2-6-14-26/h1-6,11-14,23-24H,7-10,15-22H2/p+1. The average Bonchev–Trinajstić information content (AvgIpc) is 3.75. The molecule has 0 bridgehead atoms. The quantitative estimate of drug-likeness (QED) is 0.241. The number of ketones is 1. The van der Waals surface area contributed by atoms with Crippen molar-refractivity contribution >= 4 is 17.1 Å². The molecule has 0 saturated heterocycles. The molecule has 4 aliphatic rings. The third kappa shape index (κ3) is 4.40. The Morgan fingerprint density at radius 3 is 2.23 bits per heavy atom. The summed E-state index contributed by atoms with van der Waals surface area (Å²) in [4.78, 5) is 13.8. The number of benzene rings is 2. The molecule has 0 radical (unpaired) electrons. The van der Waals surface area contributed by atoms with Gasteiger partial charge >= 0.3 is 0 Å². The molecule has 0 atom stereocenters. The van der Waals surface area contributed by atoms with Crippen LogP contribution in [0.25, 0.3) is 5.57 Å². The van der Waals surface area contributed by atoms with E-state index >= 15 is 0 Å². The second-order valence-corrected chi connectivity index (χ2v) is 11.6. The minimum atomic E-state index is -0.00142. The van der Waals surface area contributed by atoms with Crippen molar-refractivity contribution in [2.45, 2.75) is 70.8 Å². The SMILES string of the molecule is O=C1C(c2cc3c(n2CCCc2ccccc2)CCC3)=C(O)/C1=C1\C=C2CCCC2=[N+]1CCCc1ccccc1. The first-order valence-corrected chi connectivity index (χ1v) is 15.1. The Bertz CT molecular complexity index is 1600. The Hall–Kier alpha value is -3.92. The average molecular weight is 530 g/mol. The van der Waals surface area contributed by atoms with Gasteiger partial charge in [-0.1, -0.05) is 60.7 Å². The topological polar surface area (TPSA) is 45.2 Å². The zero-order chi connectivity index (χ0) is 27.1. The van der Waals surface area contributed by atoms with Crippen molar-refractivity contribution in [3.8, 4) is 0 Å². The van der Waals surface area contributed by atoms with Gasteiger partial charge in [-0.05, 0) is 74.1 Å². The fraction of sp³-hybridized carbons (Fsp3) is 0.333. The molecular formula is C36H37N2O2+. The molecule has 1 saturated carbocycles. The maximum atomic E-state index is 13.8. The minimum Gasteiger partial charge on any atom is -0.506 e. The molecule has 0 spiro atoms. The van der Waals surface area contributed by atoms with Crippen molar-refractivity contribution in [2.24, 2.45) is 0 Å². The van der Waals surface area contributed by atoms with E-state index in [0.29, 0.717) is 11.1 Å². The molecule has 2 heterocycles. The minimum absolute atomic E-state index is 0.00142. The van der Waals surface area contributed by atoms with Crippen molar-refractivity contribution in [3.63, 3.8) is 0 Å². The first-order chi connectivity index (χ1) is 19.7. The van der Waals surface area contributed by atoms with Crippen LogP contribution in [-0.2, 0) is 37.0 Å². The molecule has 202 valence electrons. The van der Waals surface area contributed by atoms with Gasteiger partial charge in [-0.2, -0.15) is 4.58 Å². The van der Waals surface area contributed by atoms with Gasteiger partial charge in [0.2, 0.25) is 11.5 Å². The molecule has 0 amide bonds. The van der Waals surface area contributed by atoms with Crippen LogP contribution in [-0.4, -0.2) is 32.3 Å². The highest BCUT2D eigenvalue weighted by atomic mass is 16.3. The number of aliphatic hydroxyl groups is 1. The van der Waals surface area contributed by atoms with Crippen LogP contribution in [0, 0.1) is 0 Å². The van der Waals surface area contributed by atoms with Crippen LogP contribution in [0.3, 0.4) is 0 Å². The first-order valence-electron chi connectivity index (χ1n) is 15.1. The number of fused-ring (bicyclic) bond motifs is 2. The van der Waals surface area contributed by atoms with Gasteiger partial charge in [-0.25, -0.2) is 0 Å². The zero-order valence-corrected chi connectivity index (χ0v) is 23.2. The van der Waals surface area contributed by atoms with E-state index < -0.39 is 0 Å². The van der Waals surface area contributed by atoms with E-state index in [2.05, 4.69) is 81.9 Å². The van der Waals surface area contributed by atoms with Gasteiger partial charge in [0, 0.05) is 36.7 Å². The highest BCUT2D eigenvalue weighted by Gasteiger charge is 2.45. The Kier molecular flexibility index (Phi) is 6.63. The molecule has 0 unspecified atom stereocenters. The van der Waals surface area contributed by atoms with Crippen LogP contribution in [0.15, 0.2) is 95.4 Å². The third-order valence-electron chi connectivity index (χ3n) is 9.14. The van der Waals surface area contributed by atoms with E-state index in [0.717, 1.165) is 75.8 Å². The smallest absolute Gasteiger partial charge is 0.221 e. The molecule has 1 N–H and O–H groups in total. The summed E-state index contributed by atoms with van der Waals surface area (Å²) in [7, 11) is 0. The number of nitrogens with zero attached hydrogens (tertiary/aromatic N) is 2. The Labute approximate surface area is 236 Å². The van der Waals surface area contributed by atoms with Gasteiger partial charge in [0.05, 0.1) is 11.3 Å². The number of aryl methyl sites for hydroxylation is 3. The van der Waals surface area contributed by atoms with Crippen LogP contribution in [0.4, 0.5) is 0 Å². The van der Waals surface area contributed by atoms with E-state index in [9.17, 15) is 9.90 Å². The number of hydrogen-bond donors (Lipinski definition) is 1. The van der Waals surface area contributed by atoms with E-state index in [1.54, 1.807) is 0 Å². The summed E-state index contributed by atoms with van der Waals surface area (Å²) in [6.07, 6.45) is 12.8. The molecule has 40 heavy (non-hydrogen) atoms. The summed E-state index contributed by atoms with van der Waals surface area (Å²) in [6, 6.07) is 23.4. The fourth-order valence-corrected chi connectivity index (χ4v) is 7.18. The summed E-state index contributed by atoms with van der Waals surface area (Å²) in [5.74, 6) is 0.185. The van der Waals surface area contributed by atoms with E-state index in [-0.39, 0.29) is 11.5 Å².